The zero-order chi connectivity index (χ0) is 14.4. The number of benzene rings is 1. The minimum atomic E-state index is -0.145. The second-order valence-corrected chi connectivity index (χ2v) is 4.95. The molecule has 2 amide bonds. The highest BCUT2D eigenvalue weighted by Crippen LogP contribution is 2.10. The Morgan fingerprint density at radius 1 is 1.25 bits per heavy atom. The fourth-order valence-electron chi connectivity index (χ4n) is 1.94. The van der Waals surface area contributed by atoms with Gasteiger partial charge in [-0.25, -0.2) is 4.79 Å². The van der Waals surface area contributed by atoms with Crippen molar-refractivity contribution in [2.75, 3.05) is 0 Å². The third-order valence-corrected chi connectivity index (χ3v) is 2.87. The normalized spacial score (nSPS) is 10.6. The standard InChI is InChI=1S/C15H20N4O/c1-12(2)18-15(20)16-10-13-6-3-4-7-14(13)11-19-9-5-8-17-19/h3-9,12H,10-11H2,1-2H3,(H2,16,18,20). The van der Waals surface area contributed by atoms with E-state index in [1.54, 1.807) is 6.20 Å². The molecule has 0 unspecified atom stereocenters. The van der Waals surface area contributed by atoms with Crippen LogP contribution in [-0.4, -0.2) is 21.9 Å². The Hall–Kier alpha value is -2.30. The van der Waals surface area contributed by atoms with Crippen molar-refractivity contribution in [2.45, 2.75) is 33.0 Å². The molecule has 2 N–H and O–H groups in total. The Morgan fingerprint density at radius 2 is 2.00 bits per heavy atom. The summed E-state index contributed by atoms with van der Waals surface area (Å²) in [4.78, 5) is 11.6. The molecule has 0 aliphatic carbocycles. The molecule has 5 heteroatoms. The highest BCUT2D eigenvalue weighted by molar-refractivity contribution is 5.74. The van der Waals surface area contributed by atoms with E-state index in [-0.39, 0.29) is 12.1 Å². The van der Waals surface area contributed by atoms with Gasteiger partial charge in [-0.2, -0.15) is 5.10 Å². The van der Waals surface area contributed by atoms with E-state index in [0.717, 1.165) is 11.1 Å². The molecule has 0 atom stereocenters. The molecular formula is C15H20N4O. The minimum Gasteiger partial charge on any atom is -0.336 e. The molecule has 0 fully saturated rings. The Kier molecular flexibility index (Phi) is 4.76. The highest BCUT2D eigenvalue weighted by atomic mass is 16.2. The van der Waals surface area contributed by atoms with Crippen LogP contribution in [0.3, 0.4) is 0 Å². The van der Waals surface area contributed by atoms with Crippen LogP contribution in [0.4, 0.5) is 4.79 Å². The van der Waals surface area contributed by atoms with Gasteiger partial charge < -0.3 is 10.6 Å². The first-order chi connectivity index (χ1) is 9.65. The first-order valence-corrected chi connectivity index (χ1v) is 6.73. The molecule has 0 aliphatic heterocycles. The zero-order valence-corrected chi connectivity index (χ0v) is 11.8. The Bertz CT molecular complexity index is 549. The smallest absolute Gasteiger partial charge is 0.315 e. The molecule has 0 radical (unpaired) electrons. The van der Waals surface area contributed by atoms with Crippen LogP contribution in [0.5, 0.6) is 0 Å². The minimum absolute atomic E-state index is 0.134. The zero-order valence-electron chi connectivity index (χ0n) is 11.8. The average Bonchev–Trinajstić information content (AvgIpc) is 2.90. The van der Waals surface area contributed by atoms with E-state index in [1.807, 2.05) is 49.0 Å². The highest BCUT2D eigenvalue weighted by Gasteiger charge is 2.06. The van der Waals surface area contributed by atoms with Crippen molar-refractivity contribution in [3.8, 4) is 0 Å². The number of urea groups is 1. The molecule has 2 aromatic rings. The average molecular weight is 272 g/mol. The first kappa shape index (κ1) is 14.1. The molecule has 0 bridgehead atoms. The van der Waals surface area contributed by atoms with Crippen LogP contribution in [-0.2, 0) is 13.1 Å². The summed E-state index contributed by atoms with van der Waals surface area (Å²) in [5.41, 5.74) is 2.25. The molecule has 0 aliphatic rings. The van der Waals surface area contributed by atoms with Crippen LogP contribution in [0.15, 0.2) is 42.7 Å². The molecule has 106 valence electrons. The number of hydrogen-bond acceptors (Lipinski definition) is 2. The molecule has 0 saturated carbocycles. The fourth-order valence-corrected chi connectivity index (χ4v) is 1.94. The van der Waals surface area contributed by atoms with Crippen molar-refractivity contribution >= 4 is 6.03 Å². The number of rotatable bonds is 5. The summed E-state index contributed by atoms with van der Waals surface area (Å²) in [6.45, 7) is 5.09. The van der Waals surface area contributed by atoms with Crippen molar-refractivity contribution in [3.05, 3.63) is 53.9 Å². The monoisotopic (exact) mass is 272 g/mol. The van der Waals surface area contributed by atoms with Crippen molar-refractivity contribution in [1.82, 2.24) is 20.4 Å². The molecule has 0 saturated heterocycles. The van der Waals surface area contributed by atoms with E-state index in [9.17, 15) is 4.79 Å². The van der Waals surface area contributed by atoms with Gasteiger partial charge in [-0.05, 0) is 31.0 Å². The summed E-state index contributed by atoms with van der Waals surface area (Å²) in [6, 6.07) is 9.94. The Balaban J connectivity index is 1.99. The predicted molar refractivity (Wildman–Crippen MR) is 78.3 cm³/mol. The molecule has 1 aromatic carbocycles. The van der Waals surface area contributed by atoms with Crippen LogP contribution < -0.4 is 10.6 Å². The summed E-state index contributed by atoms with van der Waals surface area (Å²) >= 11 is 0. The van der Waals surface area contributed by atoms with E-state index in [4.69, 9.17) is 0 Å². The summed E-state index contributed by atoms with van der Waals surface area (Å²) in [6.07, 6.45) is 3.69. The maximum atomic E-state index is 11.6. The van der Waals surface area contributed by atoms with Gasteiger partial charge in [0.05, 0.1) is 6.54 Å². The topological polar surface area (TPSA) is 59.0 Å². The van der Waals surface area contributed by atoms with E-state index >= 15 is 0 Å². The maximum absolute atomic E-state index is 11.6. The number of nitrogens with zero attached hydrogens (tertiary/aromatic N) is 2. The van der Waals surface area contributed by atoms with Crippen molar-refractivity contribution in [2.24, 2.45) is 0 Å². The van der Waals surface area contributed by atoms with Gasteiger partial charge >= 0.3 is 6.03 Å². The van der Waals surface area contributed by atoms with Gasteiger partial charge in [0.1, 0.15) is 0 Å². The number of hydrogen-bond donors (Lipinski definition) is 2. The van der Waals surface area contributed by atoms with Gasteiger partial charge in [0.2, 0.25) is 0 Å². The summed E-state index contributed by atoms with van der Waals surface area (Å²) < 4.78 is 1.87. The Labute approximate surface area is 119 Å². The second kappa shape index (κ2) is 6.75. The lowest BCUT2D eigenvalue weighted by Gasteiger charge is -2.13. The number of carbonyl (C=O) groups is 1. The van der Waals surface area contributed by atoms with E-state index in [0.29, 0.717) is 13.1 Å². The van der Waals surface area contributed by atoms with E-state index in [1.165, 1.54) is 0 Å². The van der Waals surface area contributed by atoms with Crippen molar-refractivity contribution < 1.29 is 4.79 Å². The van der Waals surface area contributed by atoms with Gasteiger partial charge in [-0.1, -0.05) is 24.3 Å². The van der Waals surface area contributed by atoms with Crippen LogP contribution in [0.1, 0.15) is 25.0 Å². The lowest BCUT2D eigenvalue weighted by atomic mass is 10.1. The number of aromatic nitrogens is 2. The third kappa shape index (κ3) is 4.12. The lowest BCUT2D eigenvalue weighted by molar-refractivity contribution is 0.238. The molecule has 1 heterocycles. The van der Waals surface area contributed by atoms with Crippen LogP contribution in [0.2, 0.25) is 0 Å². The van der Waals surface area contributed by atoms with Crippen LogP contribution >= 0.6 is 0 Å². The molecule has 1 aromatic heterocycles. The largest absolute Gasteiger partial charge is 0.336 e. The molecular weight excluding hydrogens is 252 g/mol. The second-order valence-electron chi connectivity index (χ2n) is 4.95. The number of amides is 2. The van der Waals surface area contributed by atoms with Crippen LogP contribution in [0.25, 0.3) is 0 Å². The van der Waals surface area contributed by atoms with Crippen LogP contribution in [0, 0.1) is 0 Å². The fraction of sp³-hybridized carbons (Fsp3) is 0.333. The van der Waals surface area contributed by atoms with E-state index in [2.05, 4.69) is 21.8 Å². The summed E-state index contributed by atoms with van der Waals surface area (Å²) in [5, 5.41) is 9.89. The van der Waals surface area contributed by atoms with Gasteiger partial charge in [0.15, 0.2) is 0 Å². The quantitative estimate of drug-likeness (QED) is 0.876. The molecule has 20 heavy (non-hydrogen) atoms. The SMILES string of the molecule is CC(C)NC(=O)NCc1ccccc1Cn1cccn1. The molecule has 2 rings (SSSR count). The lowest BCUT2D eigenvalue weighted by Crippen LogP contribution is -2.39. The van der Waals surface area contributed by atoms with Gasteiger partial charge in [0, 0.05) is 25.0 Å². The first-order valence-electron chi connectivity index (χ1n) is 6.73. The Morgan fingerprint density at radius 3 is 2.65 bits per heavy atom. The molecule has 5 nitrogen and oxygen atoms in total. The van der Waals surface area contributed by atoms with Gasteiger partial charge in [-0.15, -0.1) is 0 Å². The van der Waals surface area contributed by atoms with Gasteiger partial charge in [-0.3, -0.25) is 4.68 Å². The number of nitrogens with one attached hydrogen (secondary N) is 2. The van der Waals surface area contributed by atoms with Gasteiger partial charge in [0.25, 0.3) is 0 Å². The predicted octanol–water partition coefficient (Wildman–Crippen LogP) is 2.14. The van der Waals surface area contributed by atoms with E-state index < -0.39 is 0 Å². The molecule has 0 spiro atoms. The van der Waals surface area contributed by atoms with Crippen molar-refractivity contribution in [3.63, 3.8) is 0 Å². The third-order valence-electron chi connectivity index (χ3n) is 2.87. The maximum Gasteiger partial charge on any atom is 0.315 e. The number of carbonyl (C=O) groups excluding carboxylic acids is 1. The summed E-state index contributed by atoms with van der Waals surface area (Å²) in [7, 11) is 0. The van der Waals surface area contributed by atoms with Crippen molar-refractivity contribution in [1.29, 1.82) is 0 Å². The summed E-state index contributed by atoms with van der Waals surface area (Å²) in [5.74, 6) is 0.